The molecule has 1 atom stereocenters. The van der Waals surface area contributed by atoms with E-state index in [1.807, 2.05) is 19.1 Å². The molecular weight excluding hydrogens is 394 g/mol. The minimum atomic E-state index is -0.681. The lowest BCUT2D eigenvalue weighted by Gasteiger charge is -2.24. The monoisotopic (exact) mass is 413 g/mol. The van der Waals surface area contributed by atoms with Crippen molar-refractivity contribution in [2.24, 2.45) is 0 Å². The number of fused-ring (bicyclic) bond motifs is 2. The van der Waals surface area contributed by atoms with Crippen molar-refractivity contribution in [3.63, 3.8) is 0 Å². The molecule has 0 unspecified atom stereocenters. The standard InChI is InChI=1S/C22H20ClNO5/c1-11-4-5-13(9-16(11)28-3)19-18-20(26)14-10-15(23)12(2)8-17(14)29-21(18)22(27)24(19)6-7-25/h4-5,8-10,19,25H,6-7H2,1-3H3/t19-/m0/s1. The minimum Gasteiger partial charge on any atom is -0.496 e. The van der Waals surface area contributed by atoms with Crippen LogP contribution in [0.4, 0.5) is 0 Å². The molecule has 1 aromatic heterocycles. The van der Waals surface area contributed by atoms with E-state index in [1.165, 1.54) is 4.90 Å². The first-order valence-corrected chi connectivity index (χ1v) is 9.58. The summed E-state index contributed by atoms with van der Waals surface area (Å²) in [5.41, 5.74) is 2.65. The summed E-state index contributed by atoms with van der Waals surface area (Å²) in [5, 5.41) is 10.3. The second kappa shape index (κ2) is 7.21. The first-order chi connectivity index (χ1) is 13.9. The predicted octanol–water partition coefficient (Wildman–Crippen LogP) is 3.61. The van der Waals surface area contributed by atoms with Crippen molar-refractivity contribution in [1.82, 2.24) is 4.90 Å². The maximum absolute atomic E-state index is 13.4. The van der Waals surface area contributed by atoms with Gasteiger partial charge in [-0.1, -0.05) is 23.7 Å². The van der Waals surface area contributed by atoms with Gasteiger partial charge in [0.15, 0.2) is 5.43 Å². The van der Waals surface area contributed by atoms with Gasteiger partial charge in [0.2, 0.25) is 5.76 Å². The predicted molar refractivity (Wildman–Crippen MR) is 110 cm³/mol. The molecule has 150 valence electrons. The van der Waals surface area contributed by atoms with Gasteiger partial charge in [0.1, 0.15) is 11.3 Å². The Morgan fingerprint density at radius 3 is 2.62 bits per heavy atom. The van der Waals surface area contributed by atoms with E-state index in [-0.39, 0.29) is 29.9 Å². The van der Waals surface area contributed by atoms with Crippen LogP contribution in [0.1, 0.15) is 38.9 Å². The average molecular weight is 414 g/mol. The third kappa shape index (κ3) is 2.99. The SMILES string of the molecule is COc1cc([C@H]2c3c(oc4cc(C)c(Cl)cc4c3=O)C(=O)N2CCO)ccc1C. The van der Waals surface area contributed by atoms with Gasteiger partial charge in [-0.2, -0.15) is 0 Å². The number of hydrogen-bond donors (Lipinski definition) is 1. The van der Waals surface area contributed by atoms with Crippen LogP contribution in [0.5, 0.6) is 5.75 Å². The van der Waals surface area contributed by atoms with Crippen LogP contribution < -0.4 is 10.2 Å². The highest BCUT2D eigenvalue weighted by atomic mass is 35.5. The van der Waals surface area contributed by atoms with Gasteiger partial charge in [-0.15, -0.1) is 0 Å². The molecule has 1 aliphatic heterocycles. The molecule has 6 nitrogen and oxygen atoms in total. The Balaban J connectivity index is 2.02. The Hall–Kier alpha value is -2.83. The molecular formula is C22H20ClNO5. The molecule has 1 aliphatic rings. The summed E-state index contributed by atoms with van der Waals surface area (Å²) in [5.74, 6) is 0.226. The molecule has 0 aliphatic carbocycles. The lowest BCUT2D eigenvalue weighted by molar-refractivity contribution is 0.0691. The molecule has 0 saturated carbocycles. The van der Waals surface area contributed by atoms with Gasteiger partial charge in [-0.25, -0.2) is 0 Å². The first kappa shape index (κ1) is 19.5. The van der Waals surface area contributed by atoms with Crippen molar-refractivity contribution < 1.29 is 19.1 Å². The Kier molecular flexibility index (Phi) is 4.84. The summed E-state index contributed by atoms with van der Waals surface area (Å²) in [6.45, 7) is 3.54. The number of aliphatic hydroxyl groups excluding tert-OH is 1. The molecule has 4 rings (SSSR count). The quantitative estimate of drug-likeness (QED) is 0.706. The number of aliphatic hydroxyl groups is 1. The summed E-state index contributed by atoms with van der Waals surface area (Å²) in [7, 11) is 1.57. The summed E-state index contributed by atoms with van der Waals surface area (Å²) < 4.78 is 11.3. The van der Waals surface area contributed by atoms with Gasteiger partial charge >= 0.3 is 0 Å². The van der Waals surface area contributed by atoms with E-state index >= 15 is 0 Å². The fourth-order valence-electron chi connectivity index (χ4n) is 3.83. The fraction of sp³-hybridized carbons (Fsp3) is 0.273. The van der Waals surface area contributed by atoms with E-state index in [0.29, 0.717) is 27.3 Å². The number of carbonyl (C=O) groups excluding carboxylic acids is 1. The van der Waals surface area contributed by atoms with Gasteiger partial charge in [-0.3, -0.25) is 9.59 Å². The zero-order chi connectivity index (χ0) is 20.9. The minimum absolute atomic E-state index is 0.00205. The second-order valence-electron chi connectivity index (χ2n) is 7.13. The number of carbonyl (C=O) groups is 1. The number of amides is 1. The molecule has 1 N–H and O–H groups in total. The summed E-state index contributed by atoms with van der Waals surface area (Å²) in [6.07, 6.45) is 0. The topological polar surface area (TPSA) is 80.0 Å². The highest BCUT2D eigenvalue weighted by Crippen LogP contribution is 2.39. The van der Waals surface area contributed by atoms with E-state index < -0.39 is 11.9 Å². The zero-order valence-corrected chi connectivity index (χ0v) is 17.0. The van der Waals surface area contributed by atoms with E-state index in [4.69, 9.17) is 20.8 Å². The van der Waals surface area contributed by atoms with Crippen molar-refractivity contribution in [3.8, 4) is 5.75 Å². The molecule has 0 bridgehead atoms. The first-order valence-electron chi connectivity index (χ1n) is 9.20. The highest BCUT2D eigenvalue weighted by molar-refractivity contribution is 6.32. The van der Waals surface area contributed by atoms with Crippen LogP contribution in [0.25, 0.3) is 11.0 Å². The molecule has 0 fully saturated rings. The van der Waals surface area contributed by atoms with Crippen LogP contribution in [0.2, 0.25) is 5.02 Å². The largest absolute Gasteiger partial charge is 0.496 e. The van der Waals surface area contributed by atoms with Gasteiger partial charge < -0.3 is 19.2 Å². The zero-order valence-electron chi connectivity index (χ0n) is 16.3. The van der Waals surface area contributed by atoms with Crippen molar-refractivity contribution >= 4 is 28.5 Å². The Morgan fingerprint density at radius 2 is 1.93 bits per heavy atom. The summed E-state index contributed by atoms with van der Waals surface area (Å²) in [4.78, 5) is 27.9. The van der Waals surface area contributed by atoms with Gasteiger partial charge in [0.05, 0.1) is 30.7 Å². The number of hydrogen-bond acceptors (Lipinski definition) is 5. The number of ether oxygens (including phenoxy) is 1. The third-order valence-corrected chi connectivity index (χ3v) is 5.74. The van der Waals surface area contributed by atoms with Gasteiger partial charge in [-0.05, 0) is 48.7 Å². The Labute approximate surface area is 172 Å². The summed E-state index contributed by atoms with van der Waals surface area (Å²) in [6, 6.07) is 8.08. The smallest absolute Gasteiger partial charge is 0.290 e. The van der Waals surface area contributed by atoms with Crippen LogP contribution in [0, 0.1) is 13.8 Å². The second-order valence-corrected chi connectivity index (χ2v) is 7.53. The van der Waals surface area contributed by atoms with Crippen molar-refractivity contribution in [2.45, 2.75) is 19.9 Å². The maximum atomic E-state index is 13.4. The average Bonchev–Trinajstić information content (AvgIpc) is 2.97. The molecule has 0 spiro atoms. The number of β-amino-alcohol motifs (C(OH)–C–C–N with tert-alkyl or cyclic N) is 1. The van der Waals surface area contributed by atoms with Crippen LogP contribution in [0.3, 0.4) is 0 Å². The third-order valence-electron chi connectivity index (χ3n) is 5.34. The molecule has 3 aromatic rings. The van der Waals surface area contributed by atoms with Crippen molar-refractivity contribution in [2.75, 3.05) is 20.3 Å². The highest BCUT2D eigenvalue weighted by Gasteiger charge is 2.42. The van der Waals surface area contributed by atoms with E-state index in [1.54, 1.807) is 32.2 Å². The molecule has 2 aromatic carbocycles. The number of benzene rings is 2. The lowest BCUT2D eigenvalue weighted by Crippen LogP contribution is -2.32. The van der Waals surface area contributed by atoms with Crippen molar-refractivity contribution in [1.29, 1.82) is 0 Å². The number of aryl methyl sites for hydroxylation is 2. The molecule has 7 heteroatoms. The molecule has 0 saturated heterocycles. The molecule has 2 heterocycles. The van der Waals surface area contributed by atoms with E-state index in [9.17, 15) is 14.7 Å². The van der Waals surface area contributed by atoms with Gasteiger partial charge in [0.25, 0.3) is 5.91 Å². The van der Waals surface area contributed by atoms with E-state index in [0.717, 1.165) is 11.1 Å². The number of rotatable bonds is 4. The van der Waals surface area contributed by atoms with Crippen LogP contribution in [-0.2, 0) is 0 Å². The number of methoxy groups -OCH3 is 1. The molecule has 1 amide bonds. The van der Waals surface area contributed by atoms with Crippen LogP contribution >= 0.6 is 11.6 Å². The van der Waals surface area contributed by atoms with Crippen LogP contribution in [-0.4, -0.2) is 36.2 Å². The van der Waals surface area contributed by atoms with Crippen LogP contribution in [0.15, 0.2) is 39.5 Å². The normalized spacial score (nSPS) is 15.8. The molecule has 29 heavy (non-hydrogen) atoms. The molecule has 0 radical (unpaired) electrons. The van der Waals surface area contributed by atoms with Gasteiger partial charge in [0, 0.05) is 11.6 Å². The lowest BCUT2D eigenvalue weighted by atomic mass is 9.97. The fourth-order valence-corrected chi connectivity index (χ4v) is 4.00. The number of nitrogens with zero attached hydrogens (tertiary/aromatic N) is 1. The Morgan fingerprint density at radius 1 is 1.17 bits per heavy atom. The number of halogens is 1. The van der Waals surface area contributed by atoms with Crippen molar-refractivity contribution in [3.05, 3.63) is 73.6 Å². The maximum Gasteiger partial charge on any atom is 0.290 e. The Bertz CT molecular complexity index is 1200. The summed E-state index contributed by atoms with van der Waals surface area (Å²) >= 11 is 6.22. The van der Waals surface area contributed by atoms with E-state index in [2.05, 4.69) is 0 Å².